The molecule has 0 saturated heterocycles. The zero-order valence-electron chi connectivity index (χ0n) is 20.4. The SMILES string of the molecule is C=C/C=C\C(=C/C)c1nc(-c2ccccc2)nc(-c2cccc(-c3cccc(C)c3)c2)n1.CC. The molecule has 3 aromatic carbocycles. The summed E-state index contributed by atoms with van der Waals surface area (Å²) in [7, 11) is 0. The molecule has 1 heterocycles. The van der Waals surface area contributed by atoms with Gasteiger partial charge in [-0.1, -0.05) is 123 Å². The van der Waals surface area contributed by atoms with Gasteiger partial charge in [0.2, 0.25) is 0 Å². The lowest BCUT2D eigenvalue weighted by Crippen LogP contribution is -2.02. The van der Waals surface area contributed by atoms with Crippen LogP contribution in [0, 0.1) is 6.92 Å². The van der Waals surface area contributed by atoms with Crippen LogP contribution < -0.4 is 0 Å². The topological polar surface area (TPSA) is 38.7 Å². The molecular weight excluding hydrogens is 414 g/mol. The molecule has 3 nitrogen and oxygen atoms in total. The molecule has 4 aromatic rings. The van der Waals surface area contributed by atoms with Gasteiger partial charge in [0.15, 0.2) is 17.5 Å². The van der Waals surface area contributed by atoms with E-state index < -0.39 is 0 Å². The maximum absolute atomic E-state index is 4.83. The fourth-order valence-electron chi connectivity index (χ4n) is 3.48. The first-order chi connectivity index (χ1) is 16.7. The van der Waals surface area contributed by atoms with E-state index in [4.69, 9.17) is 15.0 Å². The third-order valence-electron chi connectivity index (χ3n) is 5.12. The Kier molecular flexibility index (Phi) is 8.81. The van der Waals surface area contributed by atoms with Crippen molar-refractivity contribution in [1.82, 2.24) is 15.0 Å². The minimum absolute atomic E-state index is 0.635. The second-order valence-corrected chi connectivity index (χ2v) is 7.46. The van der Waals surface area contributed by atoms with E-state index in [0.29, 0.717) is 17.5 Å². The molecule has 0 saturated carbocycles. The van der Waals surface area contributed by atoms with Crippen LogP contribution in [0.1, 0.15) is 32.2 Å². The van der Waals surface area contributed by atoms with Crippen LogP contribution in [0.3, 0.4) is 0 Å². The van der Waals surface area contributed by atoms with E-state index >= 15 is 0 Å². The number of aromatic nitrogens is 3. The Morgan fingerprint density at radius 1 is 0.706 bits per heavy atom. The summed E-state index contributed by atoms with van der Waals surface area (Å²) >= 11 is 0. The summed E-state index contributed by atoms with van der Waals surface area (Å²) in [4.78, 5) is 14.4. The number of hydrogen-bond acceptors (Lipinski definition) is 3. The van der Waals surface area contributed by atoms with Crippen LogP contribution in [0.4, 0.5) is 0 Å². The van der Waals surface area contributed by atoms with Crippen LogP contribution in [-0.2, 0) is 0 Å². The minimum Gasteiger partial charge on any atom is -0.208 e. The predicted molar refractivity (Wildman–Crippen MR) is 145 cm³/mol. The molecule has 0 bridgehead atoms. The lowest BCUT2D eigenvalue weighted by atomic mass is 10.0. The van der Waals surface area contributed by atoms with Gasteiger partial charge in [0.25, 0.3) is 0 Å². The Morgan fingerprint density at radius 3 is 1.94 bits per heavy atom. The highest BCUT2D eigenvalue weighted by Gasteiger charge is 2.13. The molecule has 0 spiro atoms. The number of rotatable bonds is 6. The van der Waals surface area contributed by atoms with Crippen molar-refractivity contribution in [2.45, 2.75) is 27.7 Å². The molecule has 0 fully saturated rings. The third-order valence-corrected chi connectivity index (χ3v) is 5.12. The number of benzene rings is 3. The first-order valence-corrected chi connectivity index (χ1v) is 11.6. The Balaban J connectivity index is 0.00000158. The minimum atomic E-state index is 0.635. The Hall–Kier alpha value is -4.11. The van der Waals surface area contributed by atoms with E-state index in [2.05, 4.69) is 49.9 Å². The highest BCUT2D eigenvalue weighted by atomic mass is 15.0. The maximum atomic E-state index is 4.83. The van der Waals surface area contributed by atoms with Crippen LogP contribution in [-0.4, -0.2) is 15.0 Å². The number of nitrogens with zero attached hydrogens (tertiary/aromatic N) is 3. The molecule has 0 atom stereocenters. The number of allylic oxidation sites excluding steroid dienone is 5. The lowest BCUT2D eigenvalue weighted by Gasteiger charge is -2.10. The molecule has 3 heteroatoms. The van der Waals surface area contributed by atoms with Crippen LogP contribution in [0.25, 0.3) is 39.5 Å². The van der Waals surface area contributed by atoms with Crippen LogP contribution in [0.15, 0.2) is 110 Å². The van der Waals surface area contributed by atoms with Crippen molar-refractivity contribution in [3.63, 3.8) is 0 Å². The van der Waals surface area contributed by atoms with E-state index in [9.17, 15) is 0 Å². The van der Waals surface area contributed by atoms with Crippen molar-refractivity contribution < 1.29 is 0 Å². The molecule has 170 valence electrons. The summed E-state index contributed by atoms with van der Waals surface area (Å²) < 4.78 is 0. The van der Waals surface area contributed by atoms with Gasteiger partial charge in [-0.3, -0.25) is 0 Å². The average molecular weight is 446 g/mol. The first kappa shape index (κ1) is 24.5. The van der Waals surface area contributed by atoms with Gasteiger partial charge in [-0.15, -0.1) is 0 Å². The van der Waals surface area contributed by atoms with Crippen LogP contribution in [0.2, 0.25) is 0 Å². The summed E-state index contributed by atoms with van der Waals surface area (Å²) in [5, 5.41) is 0. The van der Waals surface area contributed by atoms with Gasteiger partial charge in [0.05, 0.1) is 0 Å². The summed E-state index contributed by atoms with van der Waals surface area (Å²) in [6.07, 6.45) is 7.59. The molecule has 1 aromatic heterocycles. The molecule has 0 N–H and O–H groups in total. The predicted octanol–water partition coefficient (Wildman–Crippen LogP) is 8.35. The zero-order valence-corrected chi connectivity index (χ0v) is 20.4. The van der Waals surface area contributed by atoms with Gasteiger partial charge < -0.3 is 0 Å². The zero-order chi connectivity index (χ0) is 24.3. The third kappa shape index (κ3) is 6.02. The summed E-state index contributed by atoms with van der Waals surface area (Å²) in [5.74, 6) is 1.93. The second kappa shape index (κ2) is 12.2. The van der Waals surface area contributed by atoms with E-state index in [-0.39, 0.29) is 0 Å². The largest absolute Gasteiger partial charge is 0.208 e. The molecule has 0 unspecified atom stereocenters. The summed E-state index contributed by atoms with van der Waals surface area (Å²) in [6.45, 7) is 11.9. The standard InChI is InChI=1S/C29H25N3.C2H6/c1-4-6-13-22(5-2)27-30-28(23-14-8-7-9-15-23)32-29(31-27)26-18-11-17-25(20-26)24-16-10-12-21(3)19-24;1-2/h4-20H,1H2,2-3H3;1-2H3/b13-6-,22-5+;. The summed E-state index contributed by atoms with van der Waals surface area (Å²) in [6, 6.07) is 26.8. The normalized spacial score (nSPS) is 11.1. The number of aryl methyl sites for hydroxylation is 1. The maximum Gasteiger partial charge on any atom is 0.164 e. The number of hydrogen-bond donors (Lipinski definition) is 0. The van der Waals surface area contributed by atoms with Gasteiger partial charge in [-0.2, -0.15) is 0 Å². The van der Waals surface area contributed by atoms with E-state index in [1.54, 1.807) is 6.08 Å². The van der Waals surface area contributed by atoms with Crippen LogP contribution >= 0.6 is 0 Å². The van der Waals surface area contributed by atoms with Crippen molar-refractivity contribution in [3.05, 3.63) is 121 Å². The van der Waals surface area contributed by atoms with Crippen molar-refractivity contribution >= 4 is 5.57 Å². The lowest BCUT2D eigenvalue weighted by molar-refractivity contribution is 1.04. The van der Waals surface area contributed by atoms with Gasteiger partial charge in [0.1, 0.15) is 0 Å². The molecule has 34 heavy (non-hydrogen) atoms. The molecule has 4 rings (SSSR count). The van der Waals surface area contributed by atoms with Gasteiger partial charge in [-0.05, 0) is 31.0 Å². The average Bonchev–Trinajstić information content (AvgIpc) is 2.91. The molecular formula is C31H31N3. The Labute approximate surface area is 203 Å². The van der Waals surface area contributed by atoms with Crippen molar-refractivity contribution in [3.8, 4) is 33.9 Å². The van der Waals surface area contributed by atoms with E-state index in [0.717, 1.165) is 22.3 Å². The van der Waals surface area contributed by atoms with Gasteiger partial charge in [-0.25, -0.2) is 15.0 Å². The Bertz CT molecular complexity index is 1300. The molecule has 0 aliphatic rings. The Morgan fingerprint density at radius 2 is 1.29 bits per heavy atom. The van der Waals surface area contributed by atoms with E-state index in [1.165, 1.54) is 11.1 Å². The fraction of sp³-hybridized carbons (Fsp3) is 0.129. The smallest absolute Gasteiger partial charge is 0.164 e. The molecule has 0 aliphatic carbocycles. The van der Waals surface area contributed by atoms with Crippen molar-refractivity contribution in [2.75, 3.05) is 0 Å². The van der Waals surface area contributed by atoms with Gasteiger partial charge in [0, 0.05) is 16.7 Å². The molecule has 0 radical (unpaired) electrons. The van der Waals surface area contributed by atoms with E-state index in [1.807, 2.05) is 81.5 Å². The highest BCUT2D eigenvalue weighted by Crippen LogP contribution is 2.27. The highest BCUT2D eigenvalue weighted by molar-refractivity contribution is 5.74. The van der Waals surface area contributed by atoms with Gasteiger partial charge >= 0.3 is 0 Å². The van der Waals surface area contributed by atoms with Crippen LogP contribution in [0.5, 0.6) is 0 Å². The van der Waals surface area contributed by atoms with Crippen molar-refractivity contribution in [2.24, 2.45) is 0 Å². The quantitative estimate of drug-likeness (QED) is 0.280. The first-order valence-electron chi connectivity index (χ1n) is 11.6. The second-order valence-electron chi connectivity index (χ2n) is 7.46. The molecule has 0 amide bonds. The fourth-order valence-corrected chi connectivity index (χ4v) is 3.48. The van der Waals surface area contributed by atoms with Crippen molar-refractivity contribution in [1.29, 1.82) is 0 Å². The monoisotopic (exact) mass is 445 g/mol. The summed E-state index contributed by atoms with van der Waals surface area (Å²) in [5.41, 5.74) is 6.36. The molecule has 0 aliphatic heterocycles.